The minimum Gasteiger partial charge on any atom is -0.356 e. The molecule has 2 N–H and O–H groups in total. The normalized spacial score (nSPS) is 15.7. The van der Waals surface area contributed by atoms with E-state index >= 15 is 0 Å². The molecule has 0 radical (unpaired) electrons. The summed E-state index contributed by atoms with van der Waals surface area (Å²) in [6.07, 6.45) is 1.61. The summed E-state index contributed by atoms with van der Waals surface area (Å²) in [5, 5.41) is 6.73. The summed E-state index contributed by atoms with van der Waals surface area (Å²) in [6.45, 7) is 4.54. The summed E-state index contributed by atoms with van der Waals surface area (Å²) in [6, 6.07) is 18.6. The van der Waals surface area contributed by atoms with Crippen molar-refractivity contribution in [2.24, 2.45) is 4.99 Å². The molecule has 2 aromatic rings. The minimum absolute atomic E-state index is 0.220. The Kier molecular flexibility index (Phi) is 6.47. The molecule has 1 aliphatic rings. The van der Waals surface area contributed by atoms with Gasteiger partial charge in [-0.1, -0.05) is 49.4 Å². The molecule has 5 heteroatoms. The summed E-state index contributed by atoms with van der Waals surface area (Å²) < 4.78 is 0. The van der Waals surface area contributed by atoms with Crippen LogP contribution in [-0.2, 0) is 11.3 Å². The molecule has 1 amide bonds. The third-order valence-electron chi connectivity index (χ3n) is 4.95. The van der Waals surface area contributed by atoms with Gasteiger partial charge in [0.1, 0.15) is 0 Å². The van der Waals surface area contributed by atoms with Gasteiger partial charge in [-0.15, -0.1) is 0 Å². The van der Waals surface area contributed by atoms with Crippen LogP contribution >= 0.6 is 0 Å². The van der Waals surface area contributed by atoms with Crippen LogP contribution in [0.2, 0.25) is 0 Å². The highest BCUT2D eigenvalue weighted by Crippen LogP contribution is 2.21. The average molecular weight is 364 g/mol. The number of anilines is 1. The molecule has 3 rings (SSSR count). The van der Waals surface area contributed by atoms with Crippen LogP contribution in [0.3, 0.4) is 0 Å². The zero-order valence-electron chi connectivity index (χ0n) is 16.1. The summed E-state index contributed by atoms with van der Waals surface area (Å²) in [5.41, 5.74) is 3.46. The molecule has 1 saturated heterocycles. The number of carbonyl (C=O) groups is 1. The number of nitrogens with zero attached hydrogens (tertiary/aromatic N) is 2. The van der Waals surface area contributed by atoms with E-state index in [4.69, 9.17) is 0 Å². The first-order chi connectivity index (χ1) is 13.2. The van der Waals surface area contributed by atoms with Crippen LogP contribution in [-0.4, -0.2) is 32.0 Å². The van der Waals surface area contributed by atoms with Gasteiger partial charge in [0.2, 0.25) is 5.91 Å². The molecule has 1 heterocycles. The van der Waals surface area contributed by atoms with Crippen LogP contribution < -0.4 is 15.5 Å². The van der Waals surface area contributed by atoms with Crippen molar-refractivity contribution in [1.29, 1.82) is 0 Å². The zero-order valence-corrected chi connectivity index (χ0v) is 16.1. The molecule has 142 valence electrons. The highest BCUT2D eigenvalue weighted by atomic mass is 16.2. The SMILES string of the molecule is CN=C(NCc1ccc(N2CCCC2=O)cc1)NCC(C)c1ccccc1. The topological polar surface area (TPSA) is 56.7 Å². The Hall–Kier alpha value is -2.82. The van der Waals surface area contributed by atoms with E-state index in [1.54, 1.807) is 7.05 Å². The first-order valence-electron chi connectivity index (χ1n) is 9.56. The van der Waals surface area contributed by atoms with Gasteiger partial charge in [0.25, 0.3) is 0 Å². The lowest BCUT2D eigenvalue weighted by Gasteiger charge is -2.17. The van der Waals surface area contributed by atoms with Crippen LogP contribution in [0.4, 0.5) is 5.69 Å². The lowest BCUT2D eigenvalue weighted by atomic mass is 10.0. The van der Waals surface area contributed by atoms with E-state index < -0.39 is 0 Å². The number of nitrogens with one attached hydrogen (secondary N) is 2. The fourth-order valence-electron chi connectivity index (χ4n) is 3.27. The average Bonchev–Trinajstić information content (AvgIpc) is 3.15. The molecule has 0 aliphatic carbocycles. The number of guanidine groups is 1. The smallest absolute Gasteiger partial charge is 0.227 e. The number of amides is 1. The zero-order chi connectivity index (χ0) is 19.1. The largest absolute Gasteiger partial charge is 0.356 e. The van der Waals surface area contributed by atoms with Crippen LogP contribution in [0.1, 0.15) is 36.8 Å². The number of rotatable bonds is 6. The molecular formula is C22H28N4O. The van der Waals surface area contributed by atoms with Crippen LogP contribution in [0.25, 0.3) is 0 Å². The quantitative estimate of drug-likeness (QED) is 0.611. The van der Waals surface area contributed by atoms with Gasteiger partial charge in [-0.3, -0.25) is 9.79 Å². The molecule has 1 aliphatic heterocycles. The summed E-state index contributed by atoms with van der Waals surface area (Å²) >= 11 is 0. The molecule has 5 nitrogen and oxygen atoms in total. The Morgan fingerprint density at radius 2 is 1.85 bits per heavy atom. The maximum atomic E-state index is 11.8. The number of aliphatic imine (C=N–C) groups is 1. The second-order valence-corrected chi connectivity index (χ2v) is 6.93. The van der Waals surface area contributed by atoms with E-state index in [-0.39, 0.29) is 5.91 Å². The van der Waals surface area contributed by atoms with Crippen molar-refractivity contribution in [3.8, 4) is 0 Å². The second-order valence-electron chi connectivity index (χ2n) is 6.93. The summed E-state index contributed by atoms with van der Waals surface area (Å²) in [4.78, 5) is 18.0. The first-order valence-corrected chi connectivity index (χ1v) is 9.56. The van der Waals surface area contributed by atoms with E-state index in [1.165, 1.54) is 5.56 Å². The Labute approximate surface area is 161 Å². The monoisotopic (exact) mass is 364 g/mol. The second kappa shape index (κ2) is 9.21. The summed E-state index contributed by atoms with van der Waals surface area (Å²) in [7, 11) is 1.78. The van der Waals surface area contributed by atoms with E-state index in [1.807, 2.05) is 23.1 Å². The van der Waals surface area contributed by atoms with Gasteiger partial charge in [-0.2, -0.15) is 0 Å². The third kappa shape index (κ3) is 5.09. The van der Waals surface area contributed by atoms with Gasteiger partial charge in [-0.25, -0.2) is 0 Å². The van der Waals surface area contributed by atoms with Crippen molar-refractivity contribution in [3.05, 3.63) is 65.7 Å². The predicted molar refractivity (Wildman–Crippen MR) is 111 cm³/mol. The fourth-order valence-corrected chi connectivity index (χ4v) is 3.27. The van der Waals surface area contributed by atoms with Crippen molar-refractivity contribution in [3.63, 3.8) is 0 Å². The van der Waals surface area contributed by atoms with Gasteiger partial charge >= 0.3 is 0 Å². The number of hydrogen-bond acceptors (Lipinski definition) is 2. The number of carbonyl (C=O) groups excluding carboxylic acids is 1. The van der Waals surface area contributed by atoms with Crippen LogP contribution in [0.5, 0.6) is 0 Å². The highest BCUT2D eigenvalue weighted by molar-refractivity contribution is 5.95. The standard InChI is InChI=1S/C22H28N4O/c1-17(19-7-4-3-5-8-19)15-24-22(23-2)25-16-18-10-12-20(13-11-18)26-14-6-9-21(26)27/h3-5,7-8,10-13,17H,6,9,14-16H2,1-2H3,(H2,23,24,25). The summed E-state index contributed by atoms with van der Waals surface area (Å²) in [5.74, 6) is 1.41. The molecule has 0 spiro atoms. The predicted octanol–water partition coefficient (Wildman–Crippen LogP) is 3.28. The van der Waals surface area contributed by atoms with Gasteiger partial charge in [0, 0.05) is 38.8 Å². The van der Waals surface area contributed by atoms with Crippen molar-refractivity contribution in [1.82, 2.24) is 10.6 Å². The van der Waals surface area contributed by atoms with E-state index in [9.17, 15) is 4.79 Å². The number of hydrogen-bond donors (Lipinski definition) is 2. The van der Waals surface area contributed by atoms with E-state index in [0.29, 0.717) is 18.9 Å². The van der Waals surface area contributed by atoms with Crippen molar-refractivity contribution in [2.75, 3.05) is 25.0 Å². The molecule has 0 saturated carbocycles. The molecule has 1 atom stereocenters. The minimum atomic E-state index is 0.220. The maximum Gasteiger partial charge on any atom is 0.227 e. The molecule has 0 aromatic heterocycles. The van der Waals surface area contributed by atoms with Crippen LogP contribution in [0.15, 0.2) is 59.6 Å². The van der Waals surface area contributed by atoms with Gasteiger partial charge in [0.15, 0.2) is 5.96 Å². The maximum absolute atomic E-state index is 11.8. The molecule has 1 fully saturated rings. The Bertz CT molecular complexity index is 771. The molecular weight excluding hydrogens is 336 g/mol. The molecule has 27 heavy (non-hydrogen) atoms. The van der Waals surface area contributed by atoms with Gasteiger partial charge in [0.05, 0.1) is 0 Å². The molecule has 0 bridgehead atoms. The van der Waals surface area contributed by atoms with Crippen molar-refractivity contribution >= 4 is 17.6 Å². The number of benzene rings is 2. The third-order valence-corrected chi connectivity index (χ3v) is 4.95. The van der Waals surface area contributed by atoms with E-state index in [0.717, 1.165) is 36.7 Å². The Morgan fingerprint density at radius 3 is 2.48 bits per heavy atom. The lowest BCUT2D eigenvalue weighted by molar-refractivity contribution is -0.117. The van der Waals surface area contributed by atoms with E-state index in [2.05, 4.69) is 58.9 Å². The van der Waals surface area contributed by atoms with Crippen molar-refractivity contribution in [2.45, 2.75) is 32.2 Å². The highest BCUT2D eigenvalue weighted by Gasteiger charge is 2.21. The molecule has 2 aromatic carbocycles. The van der Waals surface area contributed by atoms with Crippen molar-refractivity contribution < 1.29 is 4.79 Å². The Balaban J connectivity index is 1.48. The molecule has 1 unspecified atom stereocenters. The van der Waals surface area contributed by atoms with Gasteiger partial charge < -0.3 is 15.5 Å². The lowest BCUT2D eigenvalue weighted by Crippen LogP contribution is -2.38. The van der Waals surface area contributed by atoms with Gasteiger partial charge in [-0.05, 0) is 35.6 Å². The first kappa shape index (κ1) is 19.0. The fraction of sp³-hybridized carbons (Fsp3) is 0.364. The Morgan fingerprint density at radius 1 is 1.11 bits per heavy atom. The van der Waals surface area contributed by atoms with Crippen LogP contribution in [0, 0.1) is 0 Å².